The smallest absolute Gasteiger partial charge is 0.305 e. The maximum atomic E-state index is 13.5. The predicted octanol–water partition coefficient (Wildman–Crippen LogP) is 4.07. The Balaban J connectivity index is 0.000000417. The van der Waals surface area contributed by atoms with E-state index >= 15 is 0 Å². The van der Waals surface area contributed by atoms with Crippen LogP contribution < -0.4 is 11.1 Å². The van der Waals surface area contributed by atoms with Gasteiger partial charge in [0.15, 0.2) is 0 Å². The van der Waals surface area contributed by atoms with E-state index in [1.807, 2.05) is 27.7 Å². The van der Waals surface area contributed by atoms with Gasteiger partial charge in [-0.05, 0) is 62.1 Å². The number of aliphatic hydroxyl groups is 1. The number of hydrogen-bond acceptors (Lipinski definition) is 6. The SMILES string of the molecule is CC.CCC(CC(O)CC(=O)O)N=O.Cc1[nH]c(/C=C2\C(=O)Nc3ccc(F)cc32)c(C)c1CC(N)=O. The van der Waals surface area contributed by atoms with Gasteiger partial charge in [-0.25, -0.2) is 4.39 Å². The van der Waals surface area contributed by atoms with Crippen molar-refractivity contribution in [1.82, 2.24) is 4.98 Å². The third-order valence-electron chi connectivity index (χ3n) is 5.61. The van der Waals surface area contributed by atoms with Gasteiger partial charge in [-0.1, -0.05) is 25.9 Å². The number of carboxylic acid groups (broad SMARTS) is 1. The van der Waals surface area contributed by atoms with Gasteiger partial charge in [0.1, 0.15) is 5.82 Å². The number of aliphatic hydroxyl groups excluding tert-OH is 1. The van der Waals surface area contributed by atoms with E-state index < -0.39 is 29.8 Å². The van der Waals surface area contributed by atoms with Gasteiger partial charge in [0.2, 0.25) is 5.91 Å². The van der Waals surface area contributed by atoms with Crippen LogP contribution in [0.2, 0.25) is 0 Å². The molecule has 1 aromatic heterocycles. The van der Waals surface area contributed by atoms with Gasteiger partial charge in [0.05, 0.1) is 30.6 Å². The van der Waals surface area contributed by atoms with E-state index in [9.17, 15) is 23.7 Å². The van der Waals surface area contributed by atoms with E-state index in [1.54, 1.807) is 13.0 Å². The normalized spacial score (nSPS) is 14.4. The third kappa shape index (κ3) is 8.94. The van der Waals surface area contributed by atoms with Crippen molar-refractivity contribution in [3.8, 4) is 0 Å². The molecule has 1 aromatic carbocycles. The van der Waals surface area contributed by atoms with E-state index in [-0.39, 0.29) is 25.2 Å². The van der Waals surface area contributed by atoms with Gasteiger partial charge in [-0.3, -0.25) is 14.4 Å². The molecule has 0 radical (unpaired) electrons. The van der Waals surface area contributed by atoms with Gasteiger partial charge in [-0.2, -0.15) is 4.91 Å². The Kier molecular flexibility index (Phi) is 12.3. The lowest BCUT2D eigenvalue weighted by Crippen LogP contribution is -2.18. The zero-order valence-electron chi connectivity index (χ0n) is 21.7. The summed E-state index contributed by atoms with van der Waals surface area (Å²) >= 11 is 0. The van der Waals surface area contributed by atoms with Gasteiger partial charge in [0.25, 0.3) is 5.91 Å². The van der Waals surface area contributed by atoms with Crippen LogP contribution in [0.3, 0.4) is 0 Å². The molecule has 2 heterocycles. The van der Waals surface area contributed by atoms with E-state index in [0.29, 0.717) is 28.9 Å². The summed E-state index contributed by atoms with van der Waals surface area (Å²) in [6.45, 7) is 9.46. The van der Waals surface area contributed by atoms with Gasteiger partial charge < -0.3 is 26.2 Å². The number of amides is 2. The fourth-order valence-corrected chi connectivity index (χ4v) is 3.73. The number of rotatable bonds is 9. The number of aliphatic carboxylic acids is 1. The number of H-pyrrole nitrogens is 1. The summed E-state index contributed by atoms with van der Waals surface area (Å²) < 4.78 is 13.5. The molecule has 0 saturated carbocycles. The molecular formula is C26H35FN4O6. The molecule has 1 aliphatic rings. The minimum absolute atomic E-state index is 0.131. The number of aryl methyl sites for hydroxylation is 1. The molecular weight excluding hydrogens is 483 g/mol. The highest BCUT2D eigenvalue weighted by Gasteiger charge is 2.25. The van der Waals surface area contributed by atoms with Crippen LogP contribution in [0.1, 0.15) is 68.1 Å². The summed E-state index contributed by atoms with van der Waals surface area (Å²) in [7, 11) is 0. The maximum absolute atomic E-state index is 13.5. The van der Waals surface area contributed by atoms with Crippen LogP contribution >= 0.6 is 0 Å². The van der Waals surface area contributed by atoms with E-state index in [2.05, 4.69) is 15.5 Å². The van der Waals surface area contributed by atoms with E-state index in [4.69, 9.17) is 15.9 Å². The summed E-state index contributed by atoms with van der Waals surface area (Å²) in [6, 6.07) is 3.69. The fourth-order valence-electron chi connectivity index (χ4n) is 3.73. The Hall–Kier alpha value is -3.86. The molecule has 6 N–H and O–H groups in total. The lowest BCUT2D eigenvalue weighted by Gasteiger charge is -2.10. The number of fused-ring (bicyclic) bond motifs is 1. The first-order valence-corrected chi connectivity index (χ1v) is 12.0. The van der Waals surface area contributed by atoms with Crippen molar-refractivity contribution in [2.75, 3.05) is 5.32 Å². The highest BCUT2D eigenvalue weighted by atomic mass is 19.1. The lowest BCUT2D eigenvalue weighted by atomic mass is 10.0. The lowest BCUT2D eigenvalue weighted by molar-refractivity contribution is -0.139. The number of carbonyl (C=O) groups excluding carboxylic acids is 2. The molecule has 202 valence electrons. The van der Waals surface area contributed by atoms with Crippen LogP contribution in [-0.4, -0.2) is 45.1 Å². The molecule has 0 fully saturated rings. The summed E-state index contributed by atoms with van der Waals surface area (Å²) in [5, 5.41) is 22.8. The molecule has 2 atom stereocenters. The van der Waals surface area contributed by atoms with Gasteiger partial charge in [0, 0.05) is 22.6 Å². The molecule has 0 saturated heterocycles. The average molecular weight is 519 g/mol. The first-order chi connectivity index (χ1) is 17.5. The topological polar surface area (TPSA) is 175 Å². The van der Waals surface area contributed by atoms with Crippen molar-refractivity contribution < 1.29 is 29.0 Å². The van der Waals surface area contributed by atoms with Crippen LogP contribution in [0, 0.1) is 24.6 Å². The summed E-state index contributed by atoms with van der Waals surface area (Å²) in [6.07, 6.45) is 1.17. The average Bonchev–Trinajstić information content (AvgIpc) is 3.28. The second kappa shape index (κ2) is 14.6. The minimum Gasteiger partial charge on any atom is -0.481 e. The molecule has 10 nitrogen and oxygen atoms in total. The zero-order chi connectivity index (χ0) is 28.3. The third-order valence-corrected chi connectivity index (χ3v) is 5.61. The Morgan fingerprint density at radius 1 is 1.24 bits per heavy atom. The number of carboxylic acids is 1. The number of nitrogens with two attached hydrogens (primary N) is 1. The number of nitrogens with one attached hydrogen (secondary N) is 2. The van der Waals surface area contributed by atoms with Crippen molar-refractivity contribution in [1.29, 1.82) is 0 Å². The van der Waals surface area contributed by atoms with Crippen LogP contribution in [-0.2, 0) is 20.8 Å². The molecule has 0 bridgehead atoms. The van der Waals surface area contributed by atoms with Crippen LogP contribution in [0.15, 0.2) is 23.4 Å². The van der Waals surface area contributed by atoms with E-state index in [0.717, 1.165) is 16.8 Å². The Morgan fingerprint density at radius 2 is 1.89 bits per heavy atom. The number of nitroso groups, excluding NO2 is 1. The van der Waals surface area contributed by atoms with E-state index in [1.165, 1.54) is 18.2 Å². The highest BCUT2D eigenvalue weighted by molar-refractivity contribution is 6.34. The first-order valence-electron chi connectivity index (χ1n) is 12.0. The molecule has 1 aliphatic heterocycles. The monoisotopic (exact) mass is 518 g/mol. The Labute approximate surface area is 215 Å². The quantitative estimate of drug-likeness (QED) is 0.247. The standard InChI is InChI=1S/C17H16FN3O2.C7H13NO4.C2H6/c1-8-11(7-16(19)22)9(2)20-15(8)6-13-12-5-10(18)3-4-14(12)21-17(13)23;1-2-5(8-12)3-6(9)4-7(10)11;1-2/h3-6,20H,7H2,1-2H3,(H2,19,22)(H,21,23);5-6,9H,2-4H2,1H3,(H,10,11);1-2H3/b13-6-;;. The summed E-state index contributed by atoms with van der Waals surface area (Å²) in [5.41, 5.74) is 9.97. The summed E-state index contributed by atoms with van der Waals surface area (Å²) in [5.74, 6) is -2.17. The number of nitrogens with zero attached hydrogens (tertiary/aromatic N) is 1. The van der Waals surface area contributed by atoms with Crippen molar-refractivity contribution in [3.63, 3.8) is 0 Å². The van der Waals surface area contributed by atoms with Gasteiger partial charge in [-0.15, -0.1) is 0 Å². The highest BCUT2D eigenvalue weighted by Crippen LogP contribution is 2.34. The van der Waals surface area contributed by atoms with Gasteiger partial charge >= 0.3 is 5.97 Å². The van der Waals surface area contributed by atoms with Crippen molar-refractivity contribution in [3.05, 3.63) is 57.0 Å². The number of benzene rings is 1. The number of aromatic amines is 1. The molecule has 0 aliphatic carbocycles. The number of halogens is 1. The second-order valence-corrected chi connectivity index (χ2v) is 8.27. The molecule has 2 aromatic rings. The number of anilines is 1. The largest absolute Gasteiger partial charge is 0.481 e. The second-order valence-electron chi connectivity index (χ2n) is 8.27. The van der Waals surface area contributed by atoms with Crippen LogP contribution in [0.5, 0.6) is 0 Å². The minimum atomic E-state index is -1.07. The maximum Gasteiger partial charge on any atom is 0.305 e. The van der Waals surface area contributed by atoms with Crippen LogP contribution in [0.25, 0.3) is 11.6 Å². The number of aromatic nitrogens is 1. The first kappa shape index (κ1) is 31.2. The molecule has 11 heteroatoms. The molecule has 2 unspecified atom stereocenters. The molecule has 2 amide bonds. The Bertz CT molecular complexity index is 1160. The predicted molar refractivity (Wildman–Crippen MR) is 140 cm³/mol. The number of primary amides is 1. The fraction of sp³-hybridized carbons (Fsp3) is 0.423. The Morgan fingerprint density at radius 3 is 2.43 bits per heavy atom. The number of carbonyl (C=O) groups is 3. The van der Waals surface area contributed by atoms with Crippen molar-refractivity contribution in [2.24, 2.45) is 10.9 Å². The summed E-state index contributed by atoms with van der Waals surface area (Å²) in [4.78, 5) is 46.6. The molecule has 3 rings (SSSR count). The van der Waals surface area contributed by atoms with Crippen molar-refractivity contribution >= 4 is 35.1 Å². The van der Waals surface area contributed by atoms with Crippen LogP contribution in [0.4, 0.5) is 10.1 Å². The molecule has 37 heavy (non-hydrogen) atoms. The van der Waals surface area contributed by atoms with Crippen molar-refractivity contribution in [2.45, 2.75) is 72.4 Å². The number of hydrogen-bond donors (Lipinski definition) is 5. The zero-order valence-corrected chi connectivity index (χ0v) is 21.7. The molecule has 0 spiro atoms.